The molecule has 0 amide bonds. The van der Waals surface area contributed by atoms with E-state index in [-0.39, 0.29) is 6.16 Å². The van der Waals surface area contributed by atoms with Crippen molar-refractivity contribution >= 4 is 24.5 Å². The average Bonchev–Trinajstić information content (AvgIpc) is 2.34. The summed E-state index contributed by atoms with van der Waals surface area (Å²) in [6.45, 7) is 2.44. The maximum Gasteiger partial charge on any atom is 0.329 e. The number of benzene rings is 1. The zero-order valence-electron chi connectivity index (χ0n) is 11.3. The molecule has 8 heteroatoms. The van der Waals surface area contributed by atoms with Gasteiger partial charge in [0.25, 0.3) is 0 Å². The molecule has 0 saturated carbocycles. The van der Waals surface area contributed by atoms with Gasteiger partial charge in [-0.3, -0.25) is 8.77 Å². The van der Waals surface area contributed by atoms with Gasteiger partial charge in [0, 0.05) is 23.5 Å². The second-order valence-electron chi connectivity index (χ2n) is 4.52. The summed E-state index contributed by atoms with van der Waals surface area (Å²) in [5, 5.41) is 0. The first-order chi connectivity index (χ1) is 9.33. The van der Waals surface area contributed by atoms with E-state index in [2.05, 4.69) is 0 Å². The number of unbranched alkanes of at least 4 members (excludes halogenated alkanes) is 2. The van der Waals surface area contributed by atoms with Crippen LogP contribution in [0.3, 0.4) is 0 Å². The van der Waals surface area contributed by atoms with Crippen molar-refractivity contribution < 1.29 is 23.1 Å². The summed E-state index contributed by atoms with van der Waals surface area (Å²) >= 11 is -2.35. The summed E-state index contributed by atoms with van der Waals surface area (Å²) in [5.41, 5.74) is 0.983. The average molecular weight is 320 g/mol. The SMILES string of the molecule is CCCCCN(c1ccc(CP(=O)(O)O)cc1)S(=O)[O-]. The Hall–Kier alpha value is -0.720. The zero-order valence-corrected chi connectivity index (χ0v) is 13.0. The fraction of sp³-hybridized carbons (Fsp3) is 0.500. The highest BCUT2D eigenvalue weighted by atomic mass is 32.2. The van der Waals surface area contributed by atoms with Gasteiger partial charge in [0.2, 0.25) is 0 Å². The third-order valence-electron chi connectivity index (χ3n) is 2.76. The Kier molecular flexibility index (Phi) is 6.85. The lowest BCUT2D eigenvalue weighted by Crippen LogP contribution is -2.26. The largest absolute Gasteiger partial charge is 0.755 e. The molecule has 0 radical (unpaired) electrons. The molecular formula is C12H19NO5PS-. The Balaban J connectivity index is 2.77. The van der Waals surface area contributed by atoms with Crippen molar-refractivity contribution in [2.45, 2.75) is 32.3 Å². The third kappa shape index (κ3) is 6.15. The predicted octanol–water partition coefficient (Wildman–Crippen LogP) is 2.16. The molecule has 20 heavy (non-hydrogen) atoms. The quantitative estimate of drug-likeness (QED) is 0.434. The Bertz CT molecular complexity index is 487. The van der Waals surface area contributed by atoms with Gasteiger partial charge in [0.05, 0.1) is 6.16 Å². The van der Waals surface area contributed by atoms with Gasteiger partial charge in [-0.05, 0) is 24.1 Å². The molecule has 1 aromatic rings. The first-order valence-corrected chi connectivity index (χ1v) is 9.17. The van der Waals surface area contributed by atoms with Crippen LogP contribution in [-0.4, -0.2) is 25.1 Å². The number of rotatable bonds is 8. The molecule has 0 spiro atoms. The molecule has 1 atom stereocenters. The van der Waals surface area contributed by atoms with Crippen molar-refractivity contribution in [3.63, 3.8) is 0 Å². The molecule has 1 rings (SSSR count). The summed E-state index contributed by atoms with van der Waals surface area (Å²) in [6.07, 6.45) is 2.38. The van der Waals surface area contributed by atoms with E-state index < -0.39 is 18.9 Å². The van der Waals surface area contributed by atoms with Crippen LogP contribution in [0, 0.1) is 0 Å². The van der Waals surface area contributed by atoms with E-state index >= 15 is 0 Å². The molecule has 1 aromatic carbocycles. The van der Waals surface area contributed by atoms with Gasteiger partial charge < -0.3 is 18.6 Å². The highest BCUT2D eigenvalue weighted by Crippen LogP contribution is 2.39. The van der Waals surface area contributed by atoms with E-state index in [0.717, 1.165) is 19.3 Å². The van der Waals surface area contributed by atoms with Gasteiger partial charge in [-0.1, -0.05) is 31.9 Å². The molecular weight excluding hydrogens is 301 g/mol. The molecule has 2 N–H and O–H groups in total. The van der Waals surface area contributed by atoms with Crippen LogP contribution >= 0.6 is 7.60 Å². The standard InChI is InChI=1S/C12H20NO5PS/c1-2-3-4-9-13(20(17)18)12-7-5-11(6-8-12)10-19(14,15)16/h5-8H,2-4,9-10H2,1H3,(H,17,18)(H2,14,15,16)/p-1. The van der Waals surface area contributed by atoms with Crippen molar-refractivity contribution in [1.29, 1.82) is 0 Å². The van der Waals surface area contributed by atoms with Crippen molar-refractivity contribution in [1.82, 2.24) is 0 Å². The maximum atomic E-state index is 11.2. The number of hydrogen-bond donors (Lipinski definition) is 2. The van der Waals surface area contributed by atoms with Crippen LogP contribution in [0.5, 0.6) is 0 Å². The van der Waals surface area contributed by atoms with Crippen LogP contribution in [0.4, 0.5) is 5.69 Å². The lowest BCUT2D eigenvalue weighted by molar-refractivity contribution is 0.371. The minimum absolute atomic E-state index is 0.344. The number of anilines is 1. The molecule has 0 aliphatic carbocycles. The summed E-state index contributed by atoms with van der Waals surface area (Å²) in [6, 6.07) is 6.20. The van der Waals surface area contributed by atoms with Gasteiger partial charge in [0.15, 0.2) is 0 Å². The molecule has 0 aliphatic rings. The lowest BCUT2D eigenvalue weighted by Gasteiger charge is -2.26. The van der Waals surface area contributed by atoms with Crippen molar-refractivity contribution in [3.8, 4) is 0 Å². The highest BCUT2D eigenvalue weighted by Gasteiger charge is 2.14. The number of nitrogens with zero attached hydrogens (tertiary/aromatic N) is 1. The molecule has 0 aliphatic heterocycles. The summed E-state index contributed by atoms with van der Waals surface area (Å²) < 4.78 is 34.6. The fourth-order valence-electron chi connectivity index (χ4n) is 1.80. The normalized spacial score (nSPS) is 13.2. The van der Waals surface area contributed by atoms with Gasteiger partial charge in [-0.2, -0.15) is 0 Å². The minimum atomic E-state index is -4.10. The monoisotopic (exact) mass is 320 g/mol. The van der Waals surface area contributed by atoms with Crippen LogP contribution < -0.4 is 4.31 Å². The van der Waals surface area contributed by atoms with Gasteiger partial charge in [0.1, 0.15) is 0 Å². The summed E-state index contributed by atoms with van der Waals surface area (Å²) in [7, 11) is -4.10. The predicted molar refractivity (Wildman–Crippen MR) is 78.0 cm³/mol. The van der Waals surface area contributed by atoms with Gasteiger partial charge >= 0.3 is 7.60 Å². The second kappa shape index (κ2) is 7.90. The van der Waals surface area contributed by atoms with Crippen LogP contribution in [0.15, 0.2) is 24.3 Å². The van der Waals surface area contributed by atoms with E-state index in [4.69, 9.17) is 9.79 Å². The van der Waals surface area contributed by atoms with Crippen LogP contribution in [-0.2, 0) is 22.0 Å². The zero-order chi connectivity index (χ0) is 15.2. The first kappa shape index (κ1) is 17.3. The Morgan fingerprint density at radius 1 is 1.25 bits per heavy atom. The highest BCUT2D eigenvalue weighted by molar-refractivity contribution is 7.80. The minimum Gasteiger partial charge on any atom is -0.755 e. The second-order valence-corrected chi connectivity index (χ2v) is 7.04. The fourth-order valence-corrected chi connectivity index (χ4v) is 3.06. The van der Waals surface area contributed by atoms with Gasteiger partial charge in [-0.25, -0.2) is 0 Å². The van der Waals surface area contributed by atoms with E-state index in [1.54, 1.807) is 12.1 Å². The number of hydrogen-bond acceptors (Lipinski definition) is 3. The first-order valence-electron chi connectivity index (χ1n) is 6.34. The lowest BCUT2D eigenvalue weighted by atomic mass is 10.2. The van der Waals surface area contributed by atoms with E-state index in [1.807, 2.05) is 6.92 Å². The molecule has 0 aromatic heterocycles. The molecule has 1 unspecified atom stereocenters. The molecule has 0 fully saturated rings. The van der Waals surface area contributed by atoms with Crippen molar-refractivity contribution in [3.05, 3.63) is 29.8 Å². The van der Waals surface area contributed by atoms with Crippen molar-refractivity contribution in [2.24, 2.45) is 0 Å². The molecule has 0 bridgehead atoms. The Labute approximate surface area is 121 Å². The molecule has 0 saturated heterocycles. The Morgan fingerprint density at radius 3 is 2.30 bits per heavy atom. The molecule has 0 heterocycles. The summed E-state index contributed by atoms with van der Waals surface area (Å²) in [4.78, 5) is 17.8. The van der Waals surface area contributed by atoms with Gasteiger partial charge in [-0.15, -0.1) is 0 Å². The summed E-state index contributed by atoms with van der Waals surface area (Å²) in [5.74, 6) is 0. The van der Waals surface area contributed by atoms with Crippen LogP contribution in [0.1, 0.15) is 31.7 Å². The molecule has 6 nitrogen and oxygen atoms in total. The van der Waals surface area contributed by atoms with Crippen LogP contribution in [0.25, 0.3) is 0 Å². The molecule has 114 valence electrons. The van der Waals surface area contributed by atoms with E-state index in [1.165, 1.54) is 16.4 Å². The maximum absolute atomic E-state index is 11.2. The van der Waals surface area contributed by atoms with E-state index in [0.29, 0.717) is 17.8 Å². The van der Waals surface area contributed by atoms with Crippen molar-refractivity contribution in [2.75, 3.05) is 10.8 Å². The van der Waals surface area contributed by atoms with E-state index in [9.17, 15) is 13.3 Å². The topological polar surface area (TPSA) is 101 Å². The Morgan fingerprint density at radius 2 is 1.85 bits per heavy atom. The smallest absolute Gasteiger partial charge is 0.329 e. The van der Waals surface area contributed by atoms with Crippen LogP contribution in [0.2, 0.25) is 0 Å². The third-order valence-corrected chi connectivity index (χ3v) is 4.29.